The summed E-state index contributed by atoms with van der Waals surface area (Å²) in [4.78, 5) is 1.40. The Bertz CT molecular complexity index is 349. The maximum Gasteiger partial charge on any atom is 0.0684 e. The predicted molar refractivity (Wildman–Crippen MR) is 74.0 cm³/mol. The van der Waals surface area contributed by atoms with Crippen LogP contribution >= 0.6 is 11.3 Å². The molecular formula is C14H22N2S. The van der Waals surface area contributed by atoms with E-state index >= 15 is 0 Å². The molecule has 0 spiro atoms. The largest absolute Gasteiger partial charge is 0.309 e. The highest BCUT2D eigenvalue weighted by Crippen LogP contribution is 2.24. The average Bonchev–Trinajstić information content (AvgIpc) is 2.81. The van der Waals surface area contributed by atoms with Crippen molar-refractivity contribution >= 4 is 11.3 Å². The molecule has 0 aliphatic rings. The molecule has 2 nitrogen and oxygen atoms in total. The molecule has 17 heavy (non-hydrogen) atoms. The normalized spacial score (nSPS) is 13.3. The third-order valence-electron chi connectivity index (χ3n) is 2.91. The molecule has 1 unspecified atom stereocenters. The first kappa shape index (κ1) is 14.2. The molecular weight excluding hydrogens is 228 g/mol. The van der Waals surface area contributed by atoms with Crippen LogP contribution in [0.4, 0.5) is 0 Å². The van der Waals surface area contributed by atoms with Crippen LogP contribution in [0.5, 0.6) is 0 Å². The Balaban J connectivity index is 2.44. The van der Waals surface area contributed by atoms with E-state index in [4.69, 9.17) is 5.26 Å². The van der Waals surface area contributed by atoms with Gasteiger partial charge in [0.05, 0.1) is 11.5 Å². The molecule has 0 amide bonds. The second kappa shape index (κ2) is 6.78. The molecule has 1 atom stereocenters. The van der Waals surface area contributed by atoms with Gasteiger partial charge in [0.15, 0.2) is 0 Å². The summed E-state index contributed by atoms with van der Waals surface area (Å²) in [5.74, 6) is 0. The Kier molecular flexibility index (Phi) is 5.67. The fourth-order valence-corrected chi connectivity index (χ4v) is 2.57. The summed E-state index contributed by atoms with van der Waals surface area (Å²) in [6.45, 7) is 7.11. The Hall–Kier alpha value is -0.850. The molecule has 0 bridgehead atoms. The van der Waals surface area contributed by atoms with E-state index in [1.54, 1.807) is 0 Å². The van der Waals surface area contributed by atoms with E-state index in [1.165, 1.54) is 11.3 Å². The summed E-state index contributed by atoms with van der Waals surface area (Å²) in [6.07, 6.45) is 3.24. The molecule has 0 saturated heterocycles. The molecule has 0 radical (unpaired) electrons. The van der Waals surface area contributed by atoms with Gasteiger partial charge in [-0.15, -0.1) is 11.3 Å². The zero-order valence-electron chi connectivity index (χ0n) is 11.0. The first-order valence-corrected chi connectivity index (χ1v) is 7.15. The van der Waals surface area contributed by atoms with Gasteiger partial charge in [0, 0.05) is 10.9 Å². The highest BCUT2D eigenvalue weighted by molar-refractivity contribution is 7.10. The molecule has 94 valence electrons. The van der Waals surface area contributed by atoms with Gasteiger partial charge in [-0.1, -0.05) is 19.4 Å². The van der Waals surface area contributed by atoms with E-state index in [-0.39, 0.29) is 5.41 Å². The molecule has 1 rings (SSSR count). The Labute approximate surface area is 109 Å². The molecule has 0 aliphatic carbocycles. The first-order chi connectivity index (χ1) is 8.09. The molecule has 0 saturated carbocycles. The SMILES string of the molecule is CCCC(NCCC(C)(C)C#N)c1cccs1. The second-order valence-electron chi connectivity index (χ2n) is 5.06. The number of nitrogens with zero attached hydrogens (tertiary/aromatic N) is 1. The lowest BCUT2D eigenvalue weighted by atomic mass is 9.91. The van der Waals surface area contributed by atoms with Gasteiger partial charge in [-0.3, -0.25) is 0 Å². The van der Waals surface area contributed by atoms with Crippen molar-refractivity contribution < 1.29 is 0 Å². The van der Waals surface area contributed by atoms with Crippen molar-refractivity contribution in [3.05, 3.63) is 22.4 Å². The van der Waals surface area contributed by atoms with Gasteiger partial charge in [-0.05, 0) is 44.7 Å². The minimum Gasteiger partial charge on any atom is -0.309 e. The van der Waals surface area contributed by atoms with E-state index in [0.29, 0.717) is 6.04 Å². The van der Waals surface area contributed by atoms with Crippen LogP contribution in [0.2, 0.25) is 0 Å². The Morgan fingerprint density at radius 1 is 1.53 bits per heavy atom. The first-order valence-electron chi connectivity index (χ1n) is 6.27. The van der Waals surface area contributed by atoms with Crippen molar-refractivity contribution in [2.24, 2.45) is 5.41 Å². The summed E-state index contributed by atoms with van der Waals surface area (Å²) in [6, 6.07) is 7.09. The van der Waals surface area contributed by atoms with Crippen LogP contribution in [0.3, 0.4) is 0 Å². The molecule has 1 aromatic heterocycles. The molecule has 1 aromatic rings. The van der Waals surface area contributed by atoms with E-state index < -0.39 is 0 Å². The van der Waals surface area contributed by atoms with Gasteiger partial charge in [0.2, 0.25) is 0 Å². The summed E-state index contributed by atoms with van der Waals surface area (Å²) >= 11 is 1.81. The predicted octanol–water partition coefficient (Wildman–Crippen LogP) is 4.12. The zero-order chi connectivity index (χ0) is 12.7. The minimum atomic E-state index is -0.223. The second-order valence-corrected chi connectivity index (χ2v) is 6.04. The van der Waals surface area contributed by atoms with Crippen molar-refractivity contribution in [2.45, 2.75) is 46.1 Å². The smallest absolute Gasteiger partial charge is 0.0684 e. The van der Waals surface area contributed by atoms with Crippen LogP contribution in [0.1, 0.15) is 51.0 Å². The molecule has 1 heterocycles. The number of nitrogens with one attached hydrogen (secondary N) is 1. The third-order valence-corrected chi connectivity index (χ3v) is 3.89. The highest BCUT2D eigenvalue weighted by atomic mass is 32.1. The Morgan fingerprint density at radius 3 is 2.82 bits per heavy atom. The van der Waals surface area contributed by atoms with Crippen molar-refractivity contribution in [3.8, 4) is 6.07 Å². The monoisotopic (exact) mass is 250 g/mol. The van der Waals surface area contributed by atoms with Gasteiger partial charge < -0.3 is 5.32 Å². The van der Waals surface area contributed by atoms with Crippen molar-refractivity contribution in [2.75, 3.05) is 6.54 Å². The third kappa shape index (κ3) is 4.89. The summed E-state index contributed by atoms with van der Waals surface area (Å²) in [7, 11) is 0. The number of nitriles is 1. The number of hydrogen-bond acceptors (Lipinski definition) is 3. The van der Waals surface area contributed by atoms with Gasteiger partial charge in [-0.25, -0.2) is 0 Å². The standard InChI is InChI=1S/C14H22N2S/c1-4-6-12(13-7-5-10-17-13)16-9-8-14(2,3)11-15/h5,7,10,12,16H,4,6,8-9H2,1-3H3. The number of hydrogen-bond donors (Lipinski definition) is 1. The quantitative estimate of drug-likeness (QED) is 0.790. The van der Waals surface area contributed by atoms with Gasteiger partial charge in [0.25, 0.3) is 0 Å². The summed E-state index contributed by atoms with van der Waals surface area (Å²) in [5, 5.41) is 14.7. The highest BCUT2D eigenvalue weighted by Gasteiger charge is 2.17. The molecule has 0 aromatic carbocycles. The van der Waals surface area contributed by atoms with E-state index in [2.05, 4.69) is 35.8 Å². The van der Waals surface area contributed by atoms with Crippen LogP contribution in [0.25, 0.3) is 0 Å². The van der Waals surface area contributed by atoms with Crippen molar-refractivity contribution in [1.29, 1.82) is 5.26 Å². The fourth-order valence-electron chi connectivity index (χ4n) is 1.74. The maximum absolute atomic E-state index is 8.97. The average molecular weight is 250 g/mol. The van der Waals surface area contributed by atoms with E-state index in [1.807, 2.05) is 25.2 Å². The maximum atomic E-state index is 8.97. The van der Waals surface area contributed by atoms with Gasteiger partial charge in [-0.2, -0.15) is 5.26 Å². The van der Waals surface area contributed by atoms with Crippen LogP contribution in [-0.4, -0.2) is 6.54 Å². The molecule has 0 fully saturated rings. The van der Waals surface area contributed by atoms with Gasteiger partial charge in [0.1, 0.15) is 0 Å². The summed E-state index contributed by atoms with van der Waals surface area (Å²) in [5.41, 5.74) is -0.223. The fraction of sp³-hybridized carbons (Fsp3) is 0.643. The van der Waals surface area contributed by atoms with Crippen LogP contribution in [0, 0.1) is 16.7 Å². The van der Waals surface area contributed by atoms with Crippen LogP contribution in [0.15, 0.2) is 17.5 Å². The van der Waals surface area contributed by atoms with Crippen molar-refractivity contribution in [1.82, 2.24) is 5.32 Å². The minimum absolute atomic E-state index is 0.223. The topological polar surface area (TPSA) is 35.8 Å². The molecule has 3 heteroatoms. The number of thiophene rings is 1. The zero-order valence-corrected chi connectivity index (χ0v) is 11.8. The van der Waals surface area contributed by atoms with Gasteiger partial charge >= 0.3 is 0 Å². The lowest BCUT2D eigenvalue weighted by Gasteiger charge is -2.20. The summed E-state index contributed by atoms with van der Waals surface area (Å²) < 4.78 is 0. The lowest BCUT2D eigenvalue weighted by molar-refractivity contribution is 0.402. The Morgan fingerprint density at radius 2 is 2.29 bits per heavy atom. The van der Waals surface area contributed by atoms with Crippen LogP contribution in [-0.2, 0) is 0 Å². The van der Waals surface area contributed by atoms with E-state index in [0.717, 1.165) is 19.4 Å². The van der Waals surface area contributed by atoms with E-state index in [9.17, 15) is 0 Å². The molecule has 0 aliphatic heterocycles. The lowest BCUT2D eigenvalue weighted by Crippen LogP contribution is -2.25. The molecule has 1 N–H and O–H groups in total. The van der Waals surface area contributed by atoms with Crippen molar-refractivity contribution in [3.63, 3.8) is 0 Å². The number of rotatable bonds is 7. The van der Waals surface area contributed by atoms with Crippen LogP contribution < -0.4 is 5.32 Å².